The highest BCUT2D eigenvalue weighted by Gasteiger charge is 2.26. The van der Waals surface area contributed by atoms with E-state index < -0.39 is 5.97 Å². The number of pyridine rings is 1. The number of hydrogen-bond acceptors (Lipinski definition) is 4. The number of nitrogens with one attached hydrogen (secondary N) is 1. The largest absolute Gasteiger partial charge is 0.478 e. The van der Waals surface area contributed by atoms with Crippen LogP contribution in [0, 0.1) is 0 Å². The van der Waals surface area contributed by atoms with E-state index in [1.54, 1.807) is 12.1 Å². The van der Waals surface area contributed by atoms with E-state index in [0.717, 1.165) is 36.1 Å². The number of aromatic carboxylic acids is 1. The Labute approximate surface area is 125 Å². The van der Waals surface area contributed by atoms with Crippen molar-refractivity contribution in [3.8, 4) is 0 Å². The Kier molecular flexibility index (Phi) is 3.70. The number of aryl methyl sites for hydroxylation is 1. The van der Waals surface area contributed by atoms with Gasteiger partial charge in [-0.3, -0.25) is 9.78 Å². The van der Waals surface area contributed by atoms with Crippen molar-refractivity contribution in [1.82, 2.24) is 4.98 Å². The Morgan fingerprint density at radius 1 is 1.19 bits per heavy atom. The number of amides is 1. The first kappa shape index (κ1) is 13.8. The van der Waals surface area contributed by atoms with E-state index in [4.69, 9.17) is 0 Å². The Morgan fingerprint density at radius 3 is 2.62 bits per heavy atom. The molecule has 0 aromatic carbocycles. The van der Waals surface area contributed by atoms with Crippen molar-refractivity contribution in [2.45, 2.75) is 25.7 Å². The number of carboxylic acid groups (broad SMARTS) is 1. The van der Waals surface area contributed by atoms with Crippen molar-refractivity contribution in [2.24, 2.45) is 0 Å². The van der Waals surface area contributed by atoms with Gasteiger partial charge in [-0.2, -0.15) is 0 Å². The molecule has 0 saturated carbocycles. The van der Waals surface area contributed by atoms with Gasteiger partial charge in [0, 0.05) is 22.8 Å². The molecule has 0 spiro atoms. The van der Waals surface area contributed by atoms with Crippen molar-refractivity contribution in [3.63, 3.8) is 0 Å². The highest BCUT2D eigenvalue weighted by atomic mass is 32.1. The fourth-order valence-electron chi connectivity index (χ4n) is 2.56. The molecule has 0 aliphatic heterocycles. The van der Waals surface area contributed by atoms with Crippen LogP contribution in [-0.4, -0.2) is 22.0 Å². The standard InChI is InChI=1S/C15H14N2O3S/c18-13(9-5-7-16-8-6-9)17-14-12(15(19)20)10-3-1-2-4-11(10)21-14/h5-8H,1-4H2,(H,17,18)(H,19,20). The molecule has 6 heteroatoms. The average molecular weight is 302 g/mol. The smallest absolute Gasteiger partial charge is 0.339 e. The molecule has 0 atom stereocenters. The van der Waals surface area contributed by atoms with Crippen molar-refractivity contribution >= 4 is 28.2 Å². The van der Waals surface area contributed by atoms with Crippen LogP contribution >= 0.6 is 11.3 Å². The van der Waals surface area contributed by atoms with Gasteiger partial charge in [0.2, 0.25) is 0 Å². The first-order valence-electron chi connectivity index (χ1n) is 6.76. The third-order valence-electron chi connectivity index (χ3n) is 3.55. The highest BCUT2D eigenvalue weighted by molar-refractivity contribution is 7.17. The van der Waals surface area contributed by atoms with Gasteiger partial charge >= 0.3 is 5.97 Å². The molecule has 21 heavy (non-hydrogen) atoms. The lowest BCUT2D eigenvalue weighted by Crippen LogP contribution is -2.14. The van der Waals surface area contributed by atoms with Gasteiger partial charge < -0.3 is 10.4 Å². The number of nitrogens with zero attached hydrogens (tertiary/aromatic N) is 1. The molecule has 108 valence electrons. The molecule has 2 N–H and O–H groups in total. The molecule has 3 rings (SSSR count). The van der Waals surface area contributed by atoms with Crippen LogP contribution in [0.3, 0.4) is 0 Å². The van der Waals surface area contributed by atoms with Crippen molar-refractivity contribution < 1.29 is 14.7 Å². The van der Waals surface area contributed by atoms with E-state index in [2.05, 4.69) is 10.3 Å². The van der Waals surface area contributed by atoms with Gasteiger partial charge in [-0.05, 0) is 43.4 Å². The predicted octanol–water partition coefficient (Wildman–Crippen LogP) is 2.97. The van der Waals surface area contributed by atoms with Crippen LogP contribution in [0.1, 0.15) is 44.0 Å². The van der Waals surface area contributed by atoms with Gasteiger partial charge in [0.05, 0.1) is 5.56 Å². The molecular weight excluding hydrogens is 288 g/mol. The zero-order valence-corrected chi connectivity index (χ0v) is 12.1. The van der Waals surface area contributed by atoms with E-state index in [0.29, 0.717) is 10.6 Å². The third kappa shape index (κ3) is 2.67. The quantitative estimate of drug-likeness (QED) is 0.913. The molecule has 0 radical (unpaired) electrons. The maximum absolute atomic E-state index is 12.2. The number of carbonyl (C=O) groups excluding carboxylic acids is 1. The minimum absolute atomic E-state index is 0.261. The maximum atomic E-state index is 12.2. The summed E-state index contributed by atoms with van der Waals surface area (Å²) in [5, 5.41) is 12.6. The fourth-order valence-corrected chi connectivity index (χ4v) is 3.84. The zero-order chi connectivity index (χ0) is 14.8. The van der Waals surface area contributed by atoms with Crippen LogP contribution in [0.15, 0.2) is 24.5 Å². The van der Waals surface area contributed by atoms with E-state index >= 15 is 0 Å². The SMILES string of the molecule is O=C(Nc1sc2c(c1C(=O)O)CCCC2)c1ccncc1. The molecule has 2 heterocycles. The molecule has 0 unspecified atom stereocenters. The average Bonchev–Trinajstić information content (AvgIpc) is 2.86. The first-order valence-corrected chi connectivity index (χ1v) is 7.57. The Balaban J connectivity index is 1.94. The van der Waals surface area contributed by atoms with E-state index in [-0.39, 0.29) is 11.5 Å². The molecule has 5 nitrogen and oxygen atoms in total. The van der Waals surface area contributed by atoms with Gasteiger partial charge in [-0.25, -0.2) is 4.79 Å². The minimum atomic E-state index is -0.973. The second-order valence-electron chi connectivity index (χ2n) is 4.91. The Bertz CT molecular complexity index is 694. The Morgan fingerprint density at radius 2 is 1.90 bits per heavy atom. The van der Waals surface area contributed by atoms with Crippen LogP contribution in [0.4, 0.5) is 5.00 Å². The van der Waals surface area contributed by atoms with Gasteiger partial charge in [-0.15, -0.1) is 11.3 Å². The molecule has 1 aliphatic carbocycles. The maximum Gasteiger partial charge on any atom is 0.339 e. The molecular formula is C15H14N2O3S. The van der Waals surface area contributed by atoms with Crippen LogP contribution < -0.4 is 5.32 Å². The molecule has 2 aromatic rings. The van der Waals surface area contributed by atoms with E-state index in [1.807, 2.05) is 0 Å². The topological polar surface area (TPSA) is 79.3 Å². The minimum Gasteiger partial charge on any atom is -0.478 e. The van der Waals surface area contributed by atoms with E-state index in [1.165, 1.54) is 23.7 Å². The van der Waals surface area contributed by atoms with Crippen LogP contribution in [0.5, 0.6) is 0 Å². The lowest BCUT2D eigenvalue weighted by molar-refractivity contribution is 0.0697. The third-order valence-corrected chi connectivity index (χ3v) is 4.76. The van der Waals surface area contributed by atoms with Crippen LogP contribution in [0.25, 0.3) is 0 Å². The number of rotatable bonds is 3. The summed E-state index contributed by atoms with van der Waals surface area (Å²) in [6, 6.07) is 3.20. The van der Waals surface area contributed by atoms with Crippen molar-refractivity contribution in [3.05, 3.63) is 46.1 Å². The zero-order valence-electron chi connectivity index (χ0n) is 11.3. The molecule has 2 aromatic heterocycles. The van der Waals surface area contributed by atoms with Crippen molar-refractivity contribution in [1.29, 1.82) is 0 Å². The monoisotopic (exact) mass is 302 g/mol. The summed E-state index contributed by atoms with van der Waals surface area (Å²) in [6.45, 7) is 0. The first-order chi connectivity index (χ1) is 10.2. The normalized spacial score (nSPS) is 13.5. The molecule has 1 aliphatic rings. The van der Waals surface area contributed by atoms with Gasteiger partial charge in [0.1, 0.15) is 5.00 Å². The predicted molar refractivity (Wildman–Crippen MR) is 80.1 cm³/mol. The summed E-state index contributed by atoms with van der Waals surface area (Å²) in [7, 11) is 0. The summed E-state index contributed by atoms with van der Waals surface area (Å²) in [5.74, 6) is -1.28. The highest BCUT2D eigenvalue weighted by Crippen LogP contribution is 2.38. The second-order valence-corrected chi connectivity index (χ2v) is 6.02. The van der Waals surface area contributed by atoms with Gasteiger partial charge in [-0.1, -0.05) is 0 Å². The number of fused-ring (bicyclic) bond motifs is 1. The molecule has 0 bridgehead atoms. The van der Waals surface area contributed by atoms with Crippen molar-refractivity contribution in [2.75, 3.05) is 5.32 Å². The number of hydrogen-bond donors (Lipinski definition) is 2. The summed E-state index contributed by atoms with van der Waals surface area (Å²) in [4.78, 5) is 28.6. The van der Waals surface area contributed by atoms with Crippen LogP contribution in [-0.2, 0) is 12.8 Å². The summed E-state index contributed by atoms with van der Waals surface area (Å²) >= 11 is 1.38. The molecule has 1 amide bonds. The summed E-state index contributed by atoms with van der Waals surface area (Å²) in [6.07, 6.45) is 6.81. The lowest BCUT2D eigenvalue weighted by atomic mass is 9.95. The summed E-state index contributed by atoms with van der Waals surface area (Å²) in [5.41, 5.74) is 1.62. The lowest BCUT2D eigenvalue weighted by Gasteiger charge is -2.10. The van der Waals surface area contributed by atoms with Crippen LogP contribution in [0.2, 0.25) is 0 Å². The Hall–Kier alpha value is -2.21. The van der Waals surface area contributed by atoms with Gasteiger partial charge in [0.15, 0.2) is 0 Å². The number of carbonyl (C=O) groups is 2. The number of anilines is 1. The molecule has 0 saturated heterocycles. The number of thiophene rings is 1. The summed E-state index contributed by atoms with van der Waals surface area (Å²) < 4.78 is 0. The number of aromatic nitrogens is 1. The van der Waals surface area contributed by atoms with E-state index in [9.17, 15) is 14.7 Å². The number of carboxylic acids is 1. The fraction of sp³-hybridized carbons (Fsp3) is 0.267. The second kappa shape index (κ2) is 5.65. The molecule has 0 fully saturated rings. The van der Waals surface area contributed by atoms with Gasteiger partial charge in [0.25, 0.3) is 5.91 Å².